The van der Waals surface area contributed by atoms with Crippen molar-refractivity contribution in [3.05, 3.63) is 34.9 Å². The van der Waals surface area contributed by atoms with E-state index < -0.39 is 0 Å². The lowest BCUT2D eigenvalue weighted by Gasteiger charge is -2.14. The van der Waals surface area contributed by atoms with Gasteiger partial charge in [0.2, 0.25) is 5.91 Å². The van der Waals surface area contributed by atoms with Crippen LogP contribution < -0.4 is 10.6 Å². The number of methoxy groups -OCH3 is 1. The summed E-state index contributed by atoms with van der Waals surface area (Å²) in [6, 6.07) is 7.72. The van der Waals surface area contributed by atoms with Crippen LogP contribution in [0.3, 0.4) is 0 Å². The van der Waals surface area contributed by atoms with Gasteiger partial charge < -0.3 is 15.4 Å². The fraction of sp³-hybridized carbons (Fsp3) is 0.500. The second kappa shape index (κ2) is 8.91. The van der Waals surface area contributed by atoms with Crippen LogP contribution in [0, 0.1) is 0 Å². The maximum atomic E-state index is 11.6. The molecule has 0 aliphatic rings. The SMILES string of the molecule is COCCCNC(=O)CNC(C)c1ccc(Cl)cc1. The molecular formula is C14H21ClN2O2. The van der Waals surface area contributed by atoms with Gasteiger partial charge in [-0.15, -0.1) is 0 Å². The number of carbonyl (C=O) groups is 1. The quantitative estimate of drug-likeness (QED) is 0.719. The number of hydrogen-bond donors (Lipinski definition) is 2. The number of hydrogen-bond acceptors (Lipinski definition) is 3. The topological polar surface area (TPSA) is 50.4 Å². The van der Waals surface area contributed by atoms with Gasteiger partial charge in [-0.05, 0) is 31.0 Å². The molecule has 1 atom stereocenters. The average Bonchev–Trinajstić information content (AvgIpc) is 2.42. The van der Waals surface area contributed by atoms with Crippen LogP contribution in [0.25, 0.3) is 0 Å². The Labute approximate surface area is 119 Å². The molecule has 5 heteroatoms. The number of amides is 1. The third-order valence-electron chi connectivity index (χ3n) is 2.79. The molecule has 1 unspecified atom stereocenters. The normalized spacial score (nSPS) is 12.2. The van der Waals surface area contributed by atoms with E-state index in [2.05, 4.69) is 10.6 Å². The van der Waals surface area contributed by atoms with Crippen molar-refractivity contribution < 1.29 is 9.53 Å². The molecule has 1 rings (SSSR count). The van der Waals surface area contributed by atoms with E-state index in [9.17, 15) is 4.79 Å². The van der Waals surface area contributed by atoms with E-state index in [1.54, 1.807) is 7.11 Å². The van der Waals surface area contributed by atoms with E-state index in [-0.39, 0.29) is 11.9 Å². The van der Waals surface area contributed by atoms with Gasteiger partial charge in [0.25, 0.3) is 0 Å². The Morgan fingerprint density at radius 3 is 2.68 bits per heavy atom. The van der Waals surface area contributed by atoms with Gasteiger partial charge >= 0.3 is 0 Å². The number of ether oxygens (including phenoxy) is 1. The predicted molar refractivity (Wildman–Crippen MR) is 77.4 cm³/mol. The smallest absolute Gasteiger partial charge is 0.233 e. The molecule has 0 fully saturated rings. The number of rotatable bonds is 8. The summed E-state index contributed by atoms with van der Waals surface area (Å²) in [4.78, 5) is 11.6. The molecule has 0 aliphatic carbocycles. The van der Waals surface area contributed by atoms with Gasteiger partial charge in [0, 0.05) is 31.3 Å². The molecule has 19 heavy (non-hydrogen) atoms. The van der Waals surface area contributed by atoms with Crippen molar-refractivity contribution >= 4 is 17.5 Å². The van der Waals surface area contributed by atoms with Crippen molar-refractivity contribution in [2.24, 2.45) is 0 Å². The highest BCUT2D eigenvalue weighted by atomic mass is 35.5. The number of halogens is 1. The van der Waals surface area contributed by atoms with Crippen LogP contribution >= 0.6 is 11.6 Å². The minimum absolute atomic E-state index is 0.00286. The van der Waals surface area contributed by atoms with Crippen LogP contribution in [0.2, 0.25) is 5.02 Å². The summed E-state index contributed by atoms with van der Waals surface area (Å²) in [7, 11) is 1.65. The molecule has 1 aromatic carbocycles. The van der Waals surface area contributed by atoms with Crippen molar-refractivity contribution in [2.75, 3.05) is 26.8 Å². The summed E-state index contributed by atoms with van der Waals surface area (Å²) in [6.07, 6.45) is 0.828. The predicted octanol–water partition coefficient (Wildman–Crippen LogP) is 2.14. The molecule has 0 heterocycles. The molecule has 4 nitrogen and oxygen atoms in total. The van der Waals surface area contributed by atoms with Crippen molar-refractivity contribution in [3.8, 4) is 0 Å². The van der Waals surface area contributed by atoms with Crippen LogP contribution in [0.4, 0.5) is 0 Å². The summed E-state index contributed by atoms with van der Waals surface area (Å²) in [6.45, 7) is 3.62. The van der Waals surface area contributed by atoms with Gasteiger partial charge in [-0.25, -0.2) is 0 Å². The molecule has 0 aromatic heterocycles. The maximum absolute atomic E-state index is 11.6. The van der Waals surface area contributed by atoms with E-state index in [0.717, 1.165) is 12.0 Å². The highest BCUT2D eigenvalue weighted by Gasteiger charge is 2.07. The fourth-order valence-corrected chi connectivity index (χ4v) is 1.75. The van der Waals surface area contributed by atoms with E-state index >= 15 is 0 Å². The van der Waals surface area contributed by atoms with Crippen LogP contribution in [0.1, 0.15) is 24.9 Å². The van der Waals surface area contributed by atoms with Gasteiger partial charge in [-0.3, -0.25) is 4.79 Å². The minimum atomic E-state index is -0.00286. The Balaban J connectivity index is 2.24. The first-order valence-corrected chi connectivity index (χ1v) is 6.75. The first-order valence-electron chi connectivity index (χ1n) is 6.38. The third-order valence-corrected chi connectivity index (χ3v) is 3.04. The molecule has 1 amide bonds. The Morgan fingerprint density at radius 1 is 1.37 bits per heavy atom. The number of benzene rings is 1. The van der Waals surface area contributed by atoms with Crippen LogP contribution in [0.5, 0.6) is 0 Å². The van der Waals surface area contributed by atoms with E-state index in [0.29, 0.717) is 24.7 Å². The van der Waals surface area contributed by atoms with Gasteiger partial charge in [0.1, 0.15) is 0 Å². The van der Waals surface area contributed by atoms with E-state index in [4.69, 9.17) is 16.3 Å². The van der Waals surface area contributed by atoms with Crippen LogP contribution in [-0.4, -0.2) is 32.7 Å². The largest absolute Gasteiger partial charge is 0.385 e. The maximum Gasteiger partial charge on any atom is 0.233 e. The van der Waals surface area contributed by atoms with Gasteiger partial charge in [0.15, 0.2) is 0 Å². The lowest BCUT2D eigenvalue weighted by molar-refractivity contribution is -0.120. The molecule has 0 saturated heterocycles. The Morgan fingerprint density at radius 2 is 2.05 bits per heavy atom. The van der Waals surface area contributed by atoms with Gasteiger partial charge in [-0.2, -0.15) is 0 Å². The minimum Gasteiger partial charge on any atom is -0.385 e. The summed E-state index contributed by atoms with van der Waals surface area (Å²) >= 11 is 5.83. The molecule has 106 valence electrons. The van der Waals surface area contributed by atoms with Crippen molar-refractivity contribution in [1.29, 1.82) is 0 Å². The zero-order chi connectivity index (χ0) is 14.1. The molecule has 0 aliphatic heterocycles. The van der Waals surface area contributed by atoms with Crippen molar-refractivity contribution in [1.82, 2.24) is 10.6 Å². The molecule has 1 aromatic rings. The van der Waals surface area contributed by atoms with Crippen molar-refractivity contribution in [2.45, 2.75) is 19.4 Å². The van der Waals surface area contributed by atoms with Crippen molar-refractivity contribution in [3.63, 3.8) is 0 Å². The zero-order valence-corrected chi connectivity index (χ0v) is 12.2. The first kappa shape index (κ1) is 16.0. The Kier molecular flexibility index (Phi) is 7.48. The van der Waals surface area contributed by atoms with Crippen LogP contribution in [-0.2, 0) is 9.53 Å². The average molecular weight is 285 g/mol. The first-order chi connectivity index (χ1) is 9.13. The zero-order valence-electron chi connectivity index (χ0n) is 11.4. The highest BCUT2D eigenvalue weighted by molar-refractivity contribution is 6.30. The fourth-order valence-electron chi connectivity index (χ4n) is 1.62. The monoisotopic (exact) mass is 284 g/mol. The van der Waals surface area contributed by atoms with Gasteiger partial charge in [0.05, 0.1) is 6.54 Å². The lowest BCUT2D eigenvalue weighted by atomic mass is 10.1. The molecule has 2 N–H and O–H groups in total. The second-order valence-electron chi connectivity index (χ2n) is 4.35. The van der Waals surface area contributed by atoms with Crippen LogP contribution in [0.15, 0.2) is 24.3 Å². The summed E-state index contributed by atoms with van der Waals surface area (Å²) in [5.41, 5.74) is 1.11. The molecule has 0 radical (unpaired) electrons. The second-order valence-corrected chi connectivity index (χ2v) is 4.79. The Hall–Kier alpha value is -1.10. The molecule has 0 saturated carbocycles. The molecular weight excluding hydrogens is 264 g/mol. The number of nitrogens with one attached hydrogen (secondary N) is 2. The Bertz CT molecular complexity index is 382. The highest BCUT2D eigenvalue weighted by Crippen LogP contribution is 2.15. The number of carbonyl (C=O) groups excluding carboxylic acids is 1. The van der Waals surface area contributed by atoms with Gasteiger partial charge in [-0.1, -0.05) is 23.7 Å². The summed E-state index contributed by atoms with van der Waals surface area (Å²) in [5.74, 6) is -0.00286. The van der Waals surface area contributed by atoms with E-state index in [1.807, 2.05) is 31.2 Å². The molecule has 0 spiro atoms. The lowest BCUT2D eigenvalue weighted by Crippen LogP contribution is -2.35. The summed E-state index contributed by atoms with van der Waals surface area (Å²) in [5, 5.41) is 6.72. The molecule has 0 bridgehead atoms. The standard InChI is InChI=1S/C14H21ClN2O2/c1-11(12-4-6-13(15)7-5-12)17-10-14(18)16-8-3-9-19-2/h4-7,11,17H,3,8-10H2,1-2H3,(H,16,18). The van der Waals surface area contributed by atoms with E-state index in [1.165, 1.54) is 0 Å². The third kappa shape index (κ3) is 6.57. The summed E-state index contributed by atoms with van der Waals surface area (Å²) < 4.78 is 4.91.